The van der Waals surface area contributed by atoms with Crippen LogP contribution in [-0.4, -0.2) is 5.91 Å². The zero-order valence-corrected chi connectivity index (χ0v) is 10.1. The quantitative estimate of drug-likeness (QED) is 0.840. The minimum absolute atomic E-state index is 0.0399. The molecular weight excluding hydrogens is 218 g/mol. The highest BCUT2D eigenvalue weighted by atomic mass is 32.1. The van der Waals surface area contributed by atoms with Gasteiger partial charge < -0.3 is 5.32 Å². The Bertz CT molecular complexity index is 503. The van der Waals surface area contributed by atoms with Crippen molar-refractivity contribution in [3.63, 3.8) is 0 Å². The van der Waals surface area contributed by atoms with Crippen molar-refractivity contribution in [1.82, 2.24) is 0 Å². The largest absolute Gasteiger partial charge is 0.321 e. The van der Waals surface area contributed by atoms with Crippen LogP contribution in [0.2, 0.25) is 0 Å². The van der Waals surface area contributed by atoms with Crippen LogP contribution in [0.5, 0.6) is 0 Å². The van der Waals surface area contributed by atoms with Gasteiger partial charge in [-0.25, -0.2) is 0 Å². The van der Waals surface area contributed by atoms with Gasteiger partial charge in [-0.1, -0.05) is 23.8 Å². The summed E-state index contributed by atoms with van der Waals surface area (Å²) in [6.45, 7) is 4.04. The second kappa shape index (κ2) is 4.49. The monoisotopic (exact) mass is 231 g/mol. The minimum Gasteiger partial charge on any atom is -0.321 e. The number of aryl methyl sites for hydroxylation is 2. The normalized spacial score (nSPS) is 10.1. The first-order valence-electron chi connectivity index (χ1n) is 5.09. The van der Waals surface area contributed by atoms with E-state index in [1.54, 1.807) is 0 Å². The van der Waals surface area contributed by atoms with Gasteiger partial charge in [0, 0.05) is 5.69 Å². The van der Waals surface area contributed by atoms with Gasteiger partial charge in [-0.3, -0.25) is 4.79 Å². The van der Waals surface area contributed by atoms with E-state index >= 15 is 0 Å². The van der Waals surface area contributed by atoms with Crippen LogP contribution in [0.3, 0.4) is 0 Å². The van der Waals surface area contributed by atoms with Crippen molar-refractivity contribution in [1.29, 1.82) is 0 Å². The van der Waals surface area contributed by atoms with Gasteiger partial charge >= 0.3 is 0 Å². The highest BCUT2D eigenvalue weighted by Crippen LogP contribution is 2.18. The smallest absolute Gasteiger partial charge is 0.265 e. The summed E-state index contributed by atoms with van der Waals surface area (Å²) in [5.74, 6) is -0.0399. The number of thiophene rings is 1. The van der Waals surface area contributed by atoms with E-state index in [2.05, 4.69) is 11.4 Å². The Morgan fingerprint density at radius 3 is 2.69 bits per heavy atom. The summed E-state index contributed by atoms with van der Waals surface area (Å²) in [4.78, 5) is 12.5. The molecule has 0 spiro atoms. The molecule has 1 N–H and O–H groups in total. The fraction of sp³-hybridized carbons (Fsp3) is 0.154. The molecule has 2 aromatic rings. The molecule has 1 aromatic carbocycles. The zero-order chi connectivity index (χ0) is 11.5. The van der Waals surface area contributed by atoms with E-state index < -0.39 is 0 Å². The summed E-state index contributed by atoms with van der Waals surface area (Å²) in [7, 11) is 0. The lowest BCUT2D eigenvalue weighted by Crippen LogP contribution is -2.11. The third-order valence-electron chi connectivity index (χ3n) is 2.38. The van der Waals surface area contributed by atoms with Gasteiger partial charge in [0.2, 0.25) is 0 Å². The number of nitrogens with one attached hydrogen (secondary N) is 1. The standard InChI is InChI=1S/C13H13NOS/c1-9-5-6-11(10(2)8-9)14-13(15)12-4-3-7-16-12/h3-8H,1-2H3,(H,14,15). The van der Waals surface area contributed by atoms with Crippen LogP contribution >= 0.6 is 11.3 Å². The van der Waals surface area contributed by atoms with Crippen molar-refractivity contribution in [3.05, 3.63) is 51.7 Å². The molecule has 0 saturated carbocycles. The maximum absolute atomic E-state index is 11.8. The summed E-state index contributed by atoms with van der Waals surface area (Å²) in [5, 5.41) is 4.81. The molecule has 0 fully saturated rings. The van der Waals surface area contributed by atoms with E-state index in [1.807, 2.05) is 43.5 Å². The molecule has 2 rings (SSSR count). The van der Waals surface area contributed by atoms with E-state index in [0.717, 1.165) is 16.1 Å². The average Bonchev–Trinajstić information content (AvgIpc) is 2.75. The predicted molar refractivity (Wildman–Crippen MR) is 68.2 cm³/mol. The van der Waals surface area contributed by atoms with E-state index in [1.165, 1.54) is 16.9 Å². The number of amides is 1. The molecule has 1 heterocycles. The molecule has 82 valence electrons. The lowest BCUT2D eigenvalue weighted by atomic mass is 10.1. The lowest BCUT2D eigenvalue weighted by molar-refractivity contribution is 0.103. The highest BCUT2D eigenvalue weighted by molar-refractivity contribution is 7.12. The van der Waals surface area contributed by atoms with Gasteiger partial charge in [0.05, 0.1) is 4.88 Å². The third-order valence-corrected chi connectivity index (χ3v) is 3.24. The van der Waals surface area contributed by atoms with Gasteiger partial charge in [-0.05, 0) is 36.9 Å². The topological polar surface area (TPSA) is 29.1 Å². The molecule has 0 aliphatic heterocycles. The van der Waals surface area contributed by atoms with E-state index in [4.69, 9.17) is 0 Å². The maximum Gasteiger partial charge on any atom is 0.265 e. The Labute approximate surface area is 98.9 Å². The number of rotatable bonds is 2. The Morgan fingerprint density at radius 1 is 1.25 bits per heavy atom. The number of anilines is 1. The van der Waals surface area contributed by atoms with Crippen LogP contribution in [-0.2, 0) is 0 Å². The predicted octanol–water partition coefficient (Wildman–Crippen LogP) is 3.62. The van der Waals surface area contributed by atoms with Crippen molar-refractivity contribution >= 4 is 22.9 Å². The Hall–Kier alpha value is -1.61. The summed E-state index contributed by atoms with van der Waals surface area (Å²) in [6, 6.07) is 9.70. The highest BCUT2D eigenvalue weighted by Gasteiger charge is 2.07. The summed E-state index contributed by atoms with van der Waals surface area (Å²) in [6.07, 6.45) is 0. The summed E-state index contributed by atoms with van der Waals surface area (Å²) < 4.78 is 0. The Balaban J connectivity index is 2.18. The van der Waals surface area contributed by atoms with Crippen molar-refractivity contribution in [2.24, 2.45) is 0 Å². The van der Waals surface area contributed by atoms with Crippen molar-refractivity contribution < 1.29 is 4.79 Å². The number of carbonyl (C=O) groups is 1. The van der Waals surface area contributed by atoms with Crippen molar-refractivity contribution in [3.8, 4) is 0 Å². The molecule has 3 heteroatoms. The first-order valence-corrected chi connectivity index (χ1v) is 5.97. The van der Waals surface area contributed by atoms with Crippen LogP contribution < -0.4 is 5.32 Å². The third kappa shape index (κ3) is 2.31. The van der Waals surface area contributed by atoms with Gasteiger partial charge in [0.25, 0.3) is 5.91 Å². The van der Waals surface area contributed by atoms with Crippen LogP contribution in [0.15, 0.2) is 35.7 Å². The number of carbonyl (C=O) groups excluding carboxylic acids is 1. The molecule has 0 unspecified atom stereocenters. The van der Waals surface area contributed by atoms with Gasteiger partial charge in [0.1, 0.15) is 0 Å². The molecular formula is C13H13NOS. The van der Waals surface area contributed by atoms with E-state index in [9.17, 15) is 4.79 Å². The molecule has 0 aliphatic rings. The molecule has 2 nitrogen and oxygen atoms in total. The molecule has 0 atom stereocenters. The fourth-order valence-corrected chi connectivity index (χ4v) is 2.16. The number of hydrogen-bond donors (Lipinski definition) is 1. The summed E-state index contributed by atoms with van der Waals surface area (Å²) >= 11 is 1.45. The fourth-order valence-electron chi connectivity index (χ4n) is 1.55. The molecule has 0 bridgehead atoms. The number of benzene rings is 1. The molecule has 0 aliphatic carbocycles. The second-order valence-electron chi connectivity index (χ2n) is 3.75. The van der Waals surface area contributed by atoms with Gasteiger partial charge in [-0.2, -0.15) is 0 Å². The van der Waals surface area contributed by atoms with E-state index in [0.29, 0.717) is 0 Å². The van der Waals surface area contributed by atoms with Crippen molar-refractivity contribution in [2.45, 2.75) is 13.8 Å². The van der Waals surface area contributed by atoms with Crippen LogP contribution in [0.25, 0.3) is 0 Å². The number of hydrogen-bond acceptors (Lipinski definition) is 2. The molecule has 0 radical (unpaired) electrons. The van der Waals surface area contributed by atoms with Gasteiger partial charge in [0.15, 0.2) is 0 Å². The van der Waals surface area contributed by atoms with E-state index in [-0.39, 0.29) is 5.91 Å². The van der Waals surface area contributed by atoms with Crippen LogP contribution in [0.4, 0.5) is 5.69 Å². The zero-order valence-electron chi connectivity index (χ0n) is 9.28. The SMILES string of the molecule is Cc1ccc(NC(=O)c2cccs2)c(C)c1. The summed E-state index contributed by atoms with van der Waals surface area (Å²) in [5.41, 5.74) is 3.17. The molecule has 1 amide bonds. The first-order chi connectivity index (χ1) is 7.66. The molecule has 1 aromatic heterocycles. The minimum atomic E-state index is -0.0399. The Morgan fingerprint density at radius 2 is 2.06 bits per heavy atom. The first kappa shape index (κ1) is 10.9. The van der Waals surface area contributed by atoms with Crippen LogP contribution in [0, 0.1) is 13.8 Å². The second-order valence-corrected chi connectivity index (χ2v) is 4.70. The maximum atomic E-state index is 11.8. The Kier molecular flexibility index (Phi) is 3.06. The molecule has 0 saturated heterocycles. The van der Waals surface area contributed by atoms with Crippen molar-refractivity contribution in [2.75, 3.05) is 5.32 Å². The van der Waals surface area contributed by atoms with Crippen LogP contribution in [0.1, 0.15) is 20.8 Å². The molecule has 16 heavy (non-hydrogen) atoms. The average molecular weight is 231 g/mol. The van der Waals surface area contributed by atoms with Gasteiger partial charge in [-0.15, -0.1) is 11.3 Å². The lowest BCUT2D eigenvalue weighted by Gasteiger charge is -2.07.